The van der Waals surface area contributed by atoms with E-state index in [1.54, 1.807) is 0 Å². The van der Waals surface area contributed by atoms with Gasteiger partial charge in [-0.1, -0.05) is 0 Å². The van der Waals surface area contributed by atoms with E-state index >= 15 is 0 Å². The van der Waals surface area contributed by atoms with Crippen LogP contribution in [0.25, 0.3) is 0 Å². The second-order valence-corrected chi connectivity index (χ2v) is 7.91. The van der Waals surface area contributed by atoms with E-state index in [1.165, 1.54) is 0 Å². The molecule has 0 spiro atoms. The SMILES string of the molecule is CN=C(NCC(C)N1CCN(C)CC1)NCC(C)(C)N1CCOCC1.I. The molecule has 0 aromatic rings. The first-order valence-corrected chi connectivity index (χ1v) is 9.62. The summed E-state index contributed by atoms with van der Waals surface area (Å²) in [6.45, 7) is 16.9. The third kappa shape index (κ3) is 7.46. The van der Waals surface area contributed by atoms with Gasteiger partial charge >= 0.3 is 0 Å². The van der Waals surface area contributed by atoms with Crippen molar-refractivity contribution in [2.45, 2.75) is 32.4 Å². The average Bonchev–Trinajstić information content (AvgIpc) is 2.63. The molecule has 0 amide bonds. The summed E-state index contributed by atoms with van der Waals surface area (Å²) in [6.07, 6.45) is 0. The fourth-order valence-electron chi connectivity index (χ4n) is 3.44. The molecule has 2 heterocycles. The van der Waals surface area contributed by atoms with Crippen LogP contribution in [0.15, 0.2) is 4.99 Å². The minimum atomic E-state index is 0. The van der Waals surface area contributed by atoms with Gasteiger partial charge in [-0.15, -0.1) is 24.0 Å². The second-order valence-electron chi connectivity index (χ2n) is 7.91. The van der Waals surface area contributed by atoms with Crippen LogP contribution in [0.4, 0.5) is 0 Å². The zero-order valence-electron chi connectivity index (χ0n) is 17.3. The van der Waals surface area contributed by atoms with Crippen molar-refractivity contribution in [3.8, 4) is 0 Å². The lowest BCUT2D eigenvalue weighted by atomic mass is 10.0. The first-order chi connectivity index (χ1) is 11.9. The summed E-state index contributed by atoms with van der Waals surface area (Å²) in [5.41, 5.74) is 0.0878. The van der Waals surface area contributed by atoms with Crippen LogP contribution in [-0.4, -0.2) is 112 Å². The lowest BCUT2D eigenvalue weighted by Gasteiger charge is -2.41. The topological polar surface area (TPSA) is 55.4 Å². The molecule has 0 bridgehead atoms. The van der Waals surface area contributed by atoms with Gasteiger partial charge < -0.3 is 20.3 Å². The fraction of sp³-hybridized carbons (Fsp3) is 0.944. The summed E-state index contributed by atoms with van der Waals surface area (Å²) in [6, 6.07) is 0.513. The van der Waals surface area contributed by atoms with E-state index in [9.17, 15) is 0 Å². The molecule has 154 valence electrons. The largest absolute Gasteiger partial charge is 0.379 e. The highest BCUT2D eigenvalue weighted by Gasteiger charge is 2.28. The summed E-state index contributed by atoms with van der Waals surface area (Å²) in [4.78, 5) is 11.8. The summed E-state index contributed by atoms with van der Waals surface area (Å²) in [5, 5.41) is 7.00. The Morgan fingerprint density at radius 3 is 2.27 bits per heavy atom. The number of ether oxygens (including phenoxy) is 1. The molecule has 7 nitrogen and oxygen atoms in total. The minimum absolute atomic E-state index is 0. The van der Waals surface area contributed by atoms with Crippen molar-refractivity contribution in [2.24, 2.45) is 4.99 Å². The summed E-state index contributed by atoms with van der Waals surface area (Å²) < 4.78 is 5.46. The van der Waals surface area contributed by atoms with Crippen LogP contribution in [0.5, 0.6) is 0 Å². The van der Waals surface area contributed by atoms with Gasteiger partial charge in [0.25, 0.3) is 0 Å². The monoisotopic (exact) mass is 482 g/mol. The van der Waals surface area contributed by atoms with Gasteiger partial charge in [0.1, 0.15) is 0 Å². The highest BCUT2D eigenvalue weighted by molar-refractivity contribution is 14.0. The van der Waals surface area contributed by atoms with E-state index in [0.29, 0.717) is 6.04 Å². The van der Waals surface area contributed by atoms with Crippen molar-refractivity contribution in [2.75, 3.05) is 79.7 Å². The van der Waals surface area contributed by atoms with Crippen molar-refractivity contribution < 1.29 is 4.74 Å². The molecule has 0 saturated carbocycles. The lowest BCUT2D eigenvalue weighted by Crippen LogP contribution is -2.57. The Morgan fingerprint density at radius 2 is 1.69 bits per heavy atom. The molecular formula is C18H39IN6O. The summed E-state index contributed by atoms with van der Waals surface area (Å²) in [5.74, 6) is 0.891. The molecule has 2 rings (SSSR count). The van der Waals surface area contributed by atoms with Crippen molar-refractivity contribution in [3.63, 3.8) is 0 Å². The molecule has 0 aromatic carbocycles. The standard InChI is InChI=1S/C18H38N6O.HI/c1-16(23-8-6-22(5)7-9-23)14-20-17(19-4)21-15-18(2,3)24-10-12-25-13-11-24;/h16H,6-15H2,1-5H3,(H2,19,20,21);1H. The third-order valence-electron chi connectivity index (χ3n) is 5.51. The number of rotatable bonds is 6. The fourth-order valence-corrected chi connectivity index (χ4v) is 3.44. The zero-order valence-corrected chi connectivity index (χ0v) is 19.6. The van der Waals surface area contributed by atoms with Crippen molar-refractivity contribution in [3.05, 3.63) is 0 Å². The summed E-state index contributed by atoms with van der Waals surface area (Å²) >= 11 is 0. The smallest absolute Gasteiger partial charge is 0.191 e. The second kappa shape index (κ2) is 11.6. The van der Waals surface area contributed by atoms with Crippen LogP contribution in [0.2, 0.25) is 0 Å². The van der Waals surface area contributed by atoms with Crippen LogP contribution in [0, 0.1) is 0 Å². The number of guanidine groups is 1. The minimum Gasteiger partial charge on any atom is -0.379 e. The molecule has 0 radical (unpaired) electrons. The van der Waals surface area contributed by atoms with Crippen molar-refractivity contribution in [1.82, 2.24) is 25.3 Å². The Hall–Kier alpha value is -0.160. The predicted molar refractivity (Wildman–Crippen MR) is 120 cm³/mol. The van der Waals surface area contributed by atoms with Crippen LogP contribution >= 0.6 is 24.0 Å². The first kappa shape index (κ1) is 23.9. The molecule has 26 heavy (non-hydrogen) atoms. The molecule has 1 unspecified atom stereocenters. The molecule has 2 fully saturated rings. The Labute approximate surface area is 176 Å². The van der Waals surface area contributed by atoms with Gasteiger partial charge in [0.2, 0.25) is 0 Å². The average molecular weight is 482 g/mol. The van der Waals surface area contributed by atoms with Crippen LogP contribution in [-0.2, 0) is 4.74 Å². The number of likely N-dealkylation sites (N-methyl/N-ethyl adjacent to an activating group) is 1. The number of hydrogen-bond acceptors (Lipinski definition) is 5. The molecule has 2 N–H and O–H groups in total. The molecule has 2 saturated heterocycles. The lowest BCUT2D eigenvalue weighted by molar-refractivity contribution is -0.00834. The third-order valence-corrected chi connectivity index (χ3v) is 5.51. The Kier molecular flexibility index (Phi) is 10.7. The van der Waals surface area contributed by atoms with Gasteiger partial charge in [-0.25, -0.2) is 0 Å². The maximum Gasteiger partial charge on any atom is 0.191 e. The zero-order chi connectivity index (χ0) is 18.3. The molecule has 2 aliphatic heterocycles. The first-order valence-electron chi connectivity index (χ1n) is 9.62. The van der Waals surface area contributed by atoms with E-state index in [4.69, 9.17) is 4.74 Å². The van der Waals surface area contributed by atoms with E-state index in [0.717, 1.165) is 71.5 Å². The summed E-state index contributed by atoms with van der Waals surface area (Å²) in [7, 11) is 4.04. The quantitative estimate of drug-likeness (QED) is 0.327. The molecule has 0 aromatic heterocycles. The van der Waals surface area contributed by atoms with Gasteiger partial charge in [-0.2, -0.15) is 0 Å². The number of nitrogens with zero attached hydrogens (tertiary/aromatic N) is 4. The van der Waals surface area contributed by atoms with E-state index in [2.05, 4.69) is 58.1 Å². The maximum atomic E-state index is 5.46. The van der Waals surface area contributed by atoms with Gasteiger partial charge in [-0.05, 0) is 27.8 Å². The van der Waals surface area contributed by atoms with Crippen molar-refractivity contribution >= 4 is 29.9 Å². The number of aliphatic imine (C=N–C) groups is 1. The van der Waals surface area contributed by atoms with Crippen LogP contribution in [0.3, 0.4) is 0 Å². The highest BCUT2D eigenvalue weighted by atomic mass is 127. The number of piperazine rings is 1. The molecule has 2 aliphatic rings. The maximum absolute atomic E-state index is 5.46. The Balaban J connectivity index is 0.00000338. The van der Waals surface area contributed by atoms with E-state index in [-0.39, 0.29) is 29.5 Å². The van der Waals surface area contributed by atoms with Gasteiger partial charge in [0.15, 0.2) is 5.96 Å². The molecule has 8 heteroatoms. The van der Waals surface area contributed by atoms with Crippen molar-refractivity contribution in [1.29, 1.82) is 0 Å². The predicted octanol–water partition coefficient (Wildman–Crippen LogP) is 0.516. The van der Waals surface area contributed by atoms with Gasteiger partial charge in [0, 0.05) is 71.0 Å². The normalized spacial score (nSPS) is 22.6. The Bertz CT molecular complexity index is 420. The number of hydrogen-bond donors (Lipinski definition) is 2. The molecular weight excluding hydrogens is 443 g/mol. The number of halogens is 1. The van der Waals surface area contributed by atoms with Gasteiger partial charge in [0.05, 0.1) is 13.2 Å². The van der Waals surface area contributed by atoms with Gasteiger partial charge in [-0.3, -0.25) is 14.8 Å². The van der Waals surface area contributed by atoms with E-state index < -0.39 is 0 Å². The van der Waals surface area contributed by atoms with Crippen LogP contribution < -0.4 is 10.6 Å². The number of morpholine rings is 1. The Morgan fingerprint density at radius 1 is 1.08 bits per heavy atom. The van der Waals surface area contributed by atoms with E-state index in [1.807, 2.05) is 7.05 Å². The highest BCUT2D eigenvalue weighted by Crippen LogP contribution is 2.15. The molecule has 1 atom stereocenters. The molecule has 0 aliphatic carbocycles. The van der Waals surface area contributed by atoms with Crippen LogP contribution in [0.1, 0.15) is 20.8 Å². The number of nitrogens with one attached hydrogen (secondary N) is 2.